The Morgan fingerprint density at radius 1 is 1.46 bits per heavy atom. The van der Waals surface area contributed by atoms with Gasteiger partial charge in [-0.25, -0.2) is 0 Å². The van der Waals surface area contributed by atoms with E-state index in [0.717, 1.165) is 17.9 Å². The summed E-state index contributed by atoms with van der Waals surface area (Å²) in [7, 11) is 0. The summed E-state index contributed by atoms with van der Waals surface area (Å²) in [5.74, 6) is 1.14. The molecule has 1 atom stereocenters. The smallest absolute Gasteiger partial charge is 0.115 e. The number of rotatable bonds is 3. The molecule has 0 spiro atoms. The number of phenolic OH excluding ortho intramolecular Hbond substituents is 1. The fraction of sp³-hybridized carbons (Fsp3) is 0.455. The van der Waals surface area contributed by atoms with Crippen molar-refractivity contribution in [1.82, 2.24) is 0 Å². The molecule has 1 saturated carbocycles. The van der Waals surface area contributed by atoms with E-state index in [1.807, 2.05) is 12.1 Å². The first-order valence-electron chi connectivity index (χ1n) is 4.80. The molecule has 2 nitrogen and oxygen atoms in total. The zero-order chi connectivity index (χ0) is 9.26. The number of phenols is 1. The van der Waals surface area contributed by atoms with E-state index < -0.39 is 0 Å². The summed E-state index contributed by atoms with van der Waals surface area (Å²) in [6.45, 7) is 0. The van der Waals surface area contributed by atoms with Gasteiger partial charge in [0, 0.05) is 6.04 Å². The van der Waals surface area contributed by atoms with Crippen LogP contribution in [0, 0.1) is 5.92 Å². The second kappa shape index (κ2) is 3.38. The fourth-order valence-corrected chi connectivity index (χ4v) is 1.60. The molecule has 2 heteroatoms. The van der Waals surface area contributed by atoms with Gasteiger partial charge in [-0.2, -0.15) is 0 Å². The molecule has 0 amide bonds. The highest BCUT2D eigenvalue weighted by Crippen LogP contribution is 2.36. The second-order valence-electron chi connectivity index (χ2n) is 3.88. The molecule has 1 aromatic carbocycles. The SMILES string of the molecule is N[C@@H](CC1CC1)c1cccc(O)c1. The molecule has 1 aromatic rings. The maximum Gasteiger partial charge on any atom is 0.115 e. The molecule has 1 aliphatic rings. The third-order valence-corrected chi connectivity index (χ3v) is 2.58. The number of hydrogen-bond acceptors (Lipinski definition) is 2. The molecule has 0 unspecified atom stereocenters. The Hall–Kier alpha value is -1.02. The molecule has 0 bridgehead atoms. The van der Waals surface area contributed by atoms with Crippen molar-refractivity contribution in [2.75, 3.05) is 0 Å². The van der Waals surface area contributed by atoms with Crippen molar-refractivity contribution in [3.8, 4) is 5.75 Å². The first kappa shape index (κ1) is 8.57. The molecule has 1 fully saturated rings. The molecule has 13 heavy (non-hydrogen) atoms. The minimum absolute atomic E-state index is 0.0969. The van der Waals surface area contributed by atoms with E-state index in [1.165, 1.54) is 12.8 Å². The molecule has 0 aliphatic heterocycles. The van der Waals surface area contributed by atoms with Gasteiger partial charge in [0.25, 0.3) is 0 Å². The topological polar surface area (TPSA) is 46.2 Å². The summed E-state index contributed by atoms with van der Waals surface area (Å²) >= 11 is 0. The number of hydrogen-bond donors (Lipinski definition) is 2. The molecular formula is C11H15NO. The van der Waals surface area contributed by atoms with Crippen molar-refractivity contribution in [3.05, 3.63) is 29.8 Å². The minimum Gasteiger partial charge on any atom is -0.508 e. The second-order valence-corrected chi connectivity index (χ2v) is 3.88. The molecule has 1 aliphatic carbocycles. The Balaban J connectivity index is 2.04. The van der Waals surface area contributed by atoms with Gasteiger partial charge in [-0.1, -0.05) is 25.0 Å². The van der Waals surface area contributed by atoms with Crippen molar-refractivity contribution in [1.29, 1.82) is 0 Å². The largest absolute Gasteiger partial charge is 0.508 e. The maximum absolute atomic E-state index is 9.26. The molecule has 70 valence electrons. The summed E-state index contributed by atoms with van der Waals surface area (Å²) in [5.41, 5.74) is 7.04. The first-order chi connectivity index (χ1) is 6.25. The van der Waals surface area contributed by atoms with E-state index in [2.05, 4.69) is 0 Å². The van der Waals surface area contributed by atoms with Crippen LogP contribution >= 0.6 is 0 Å². The molecular weight excluding hydrogens is 162 g/mol. The lowest BCUT2D eigenvalue weighted by Gasteiger charge is -2.11. The molecule has 0 heterocycles. The van der Waals surface area contributed by atoms with Crippen molar-refractivity contribution in [2.45, 2.75) is 25.3 Å². The van der Waals surface area contributed by atoms with Crippen molar-refractivity contribution in [3.63, 3.8) is 0 Å². The van der Waals surface area contributed by atoms with E-state index in [9.17, 15) is 5.11 Å². The lowest BCUT2D eigenvalue weighted by atomic mass is 10.0. The van der Waals surface area contributed by atoms with Crippen LogP contribution in [-0.2, 0) is 0 Å². The Morgan fingerprint density at radius 2 is 2.23 bits per heavy atom. The molecule has 0 saturated heterocycles. The van der Waals surface area contributed by atoms with Gasteiger partial charge in [0.05, 0.1) is 0 Å². The Morgan fingerprint density at radius 3 is 2.85 bits per heavy atom. The van der Waals surface area contributed by atoms with E-state index in [1.54, 1.807) is 12.1 Å². The van der Waals surface area contributed by atoms with E-state index in [4.69, 9.17) is 5.73 Å². The van der Waals surface area contributed by atoms with Crippen molar-refractivity contribution in [2.24, 2.45) is 11.7 Å². The Kier molecular flexibility index (Phi) is 2.23. The van der Waals surface area contributed by atoms with Gasteiger partial charge < -0.3 is 10.8 Å². The van der Waals surface area contributed by atoms with Crippen LogP contribution in [0.3, 0.4) is 0 Å². The summed E-state index contributed by atoms with van der Waals surface area (Å²) < 4.78 is 0. The average molecular weight is 177 g/mol. The van der Waals surface area contributed by atoms with Gasteiger partial charge in [-0.3, -0.25) is 0 Å². The lowest BCUT2D eigenvalue weighted by Crippen LogP contribution is -2.10. The highest BCUT2D eigenvalue weighted by molar-refractivity contribution is 5.29. The lowest BCUT2D eigenvalue weighted by molar-refractivity contribution is 0.472. The standard InChI is InChI=1S/C11H15NO/c12-11(6-8-4-5-8)9-2-1-3-10(13)7-9/h1-3,7-8,11,13H,4-6,12H2/t11-/m0/s1. The highest BCUT2D eigenvalue weighted by Gasteiger charge is 2.24. The van der Waals surface area contributed by atoms with E-state index in [0.29, 0.717) is 5.75 Å². The number of benzene rings is 1. The summed E-state index contributed by atoms with van der Waals surface area (Å²) in [4.78, 5) is 0. The first-order valence-corrected chi connectivity index (χ1v) is 4.80. The van der Waals surface area contributed by atoms with E-state index in [-0.39, 0.29) is 6.04 Å². The highest BCUT2D eigenvalue weighted by atomic mass is 16.3. The van der Waals surface area contributed by atoms with Crippen molar-refractivity contribution < 1.29 is 5.11 Å². The zero-order valence-corrected chi connectivity index (χ0v) is 7.61. The predicted octanol–water partition coefficient (Wildman–Crippen LogP) is 2.19. The predicted molar refractivity (Wildman–Crippen MR) is 52.4 cm³/mol. The van der Waals surface area contributed by atoms with Crippen LogP contribution in [-0.4, -0.2) is 5.11 Å². The Bertz CT molecular complexity index is 294. The summed E-state index contributed by atoms with van der Waals surface area (Å²) in [6.07, 6.45) is 3.71. The van der Waals surface area contributed by atoms with Gasteiger partial charge in [0.2, 0.25) is 0 Å². The molecule has 2 rings (SSSR count). The van der Waals surface area contributed by atoms with Crippen molar-refractivity contribution >= 4 is 0 Å². The van der Waals surface area contributed by atoms with Gasteiger partial charge in [-0.05, 0) is 30.0 Å². The van der Waals surface area contributed by atoms with Crippen LogP contribution in [0.4, 0.5) is 0 Å². The van der Waals surface area contributed by atoms with Gasteiger partial charge in [-0.15, -0.1) is 0 Å². The van der Waals surface area contributed by atoms with Gasteiger partial charge >= 0.3 is 0 Å². The minimum atomic E-state index is 0.0969. The molecule has 0 aromatic heterocycles. The third-order valence-electron chi connectivity index (χ3n) is 2.58. The monoisotopic (exact) mass is 177 g/mol. The number of aromatic hydroxyl groups is 1. The number of nitrogens with two attached hydrogens (primary N) is 1. The Labute approximate surface area is 78.4 Å². The summed E-state index contributed by atoms with van der Waals surface area (Å²) in [5, 5.41) is 9.26. The molecule has 3 N–H and O–H groups in total. The van der Waals surface area contributed by atoms with E-state index >= 15 is 0 Å². The summed E-state index contributed by atoms with van der Waals surface area (Å²) in [6, 6.07) is 7.35. The average Bonchev–Trinajstić information content (AvgIpc) is 2.88. The van der Waals surface area contributed by atoms with Gasteiger partial charge in [0.15, 0.2) is 0 Å². The maximum atomic E-state index is 9.26. The van der Waals surface area contributed by atoms with Crippen LogP contribution < -0.4 is 5.73 Å². The van der Waals surface area contributed by atoms with Crippen LogP contribution in [0.1, 0.15) is 30.9 Å². The van der Waals surface area contributed by atoms with Crippen LogP contribution in [0.25, 0.3) is 0 Å². The zero-order valence-electron chi connectivity index (χ0n) is 7.61. The quantitative estimate of drug-likeness (QED) is 0.743. The van der Waals surface area contributed by atoms with Crippen LogP contribution in [0.15, 0.2) is 24.3 Å². The van der Waals surface area contributed by atoms with Gasteiger partial charge in [0.1, 0.15) is 5.75 Å². The third kappa shape index (κ3) is 2.22. The van der Waals surface area contributed by atoms with Crippen LogP contribution in [0.5, 0.6) is 5.75 Å². The molecule has 0 radical (unpaired) electrons. The fourth-order valence-electron chi connectivity index (χ4n) is 1.60. The normalized spacial score (nSPS) is 18.5. The van der Waals surface area contributed by atoms with Crippen LogP contribution in [0.2, 0.25) is 0 Å².